The number of carbonyl (C=O) groups excluding carboxylic acids is 1. The number of hydrogen-bond donors (Lipinski definition) is 2. The van der Waals surface area contributed by atoms with Crippen molar-refractivity contribution in [2.45, 2.75) is 30.9 Å². The first kappa shape index (κ1) is 23.3. The number of aromatic nitrogens is 4. The van der Waals surface area contributed by atoms with E-state index in [9.17, 15) is 9.90 Å². The molecule has 2 aromatic heterocycles. The number of amides is 1. The predicted molar refractivity (Wildman–Crippen MR) is 138 cm³/mol. The van der Waals surface area contributed by atoms with Crippen LogP contribution in [-0.2, 0) is 17.9 Å². The summed E-state index contributed by atoms with van der Waals surface area (Å²) in [6, 6.07) is 15.9. The molecule has 0 aliphatic carbocycles. The van der Waals surface area contributed by atoms with E-state index in [0.29, 0.717) is 18.7 Å². The molecule has 8 nitrogen and oxygen atoms in total. The van der Waals surface area contributed by atoms with Crippen LogP contribution in [0.2, 0.25) is 0 Å². The summed E-state index contributed by atoms with van der Waals surface area (Å²) in [4.78, 5) is 25.3. The van der Waals surface area contributed by atoms with Crippen LogP contribution in [0.1, 0.15) is 24.0 Å². The Hall–Kier alpha value is -3.43. The van der Waals surface area contributed by atoms with Crippen LogP contribution >= 0.6 is 11.8 Å². The van der Waals surface area contributed by atoms with E-state index in [0.717, 1.165) is 47.4 Å². The molecule has 1 fully saturated rings. The number of nitrogens with zero attached hydrogens (tertiary/aromatic N) is 5. The first-order chi connectivity index (χ1) is 17.1. The molecule has 1 atom stereocenters. The molecule has 0 spiro atoms. The summed E-state index contributed by atoms with van der Waals surface area (Å²) in [6.07, 6.45) is 7.30. The van der Waals surface area contributed by atoms with Crippen molar-refractivity contribution < 1.29 is 9.90 Å². The predicted octanol–water partition coefficient (Wildman–Crippen LogP) is 3.56. The normalized spacial score (nSPS) is 15.9. The van der Waals surface area contributed by atoms with E-state index in [2.05, 4.69) is 55.8 Å². The maximum absolute atomic E-state index is 13.0. The molecular weight excluding hydrogens is 460 g/mol. The Balaban J connectivity index is 1.30. The third-order valence-corrected chi connectivity index (χ3v) is 7.14. The Kier molecular flexibility index (Phi) is 6.96. The van der Waals surface area contributed by atoms with Crippen molar-refractivity contribution >= 4 is 34.5 Å². The van der Waals surface area contributed by atoms with Crippen molar-refractivity contribution in [2.24, 2.45) is 5.92 Å². The van der Waals surface area contributed by atoms with Crippen LogP contribution in [-0.4, -0.2) is 50.1 Å². The summed E-state index contributed by atoms with van der Waals surface area (Å²) in [5.74, 6) is 0.785. The maximum Gasteiger partial charge on any atom is 0.225 e. The number of aliphatic hydroxyl groups excluding tert-OH is 1. The summed E-state index contributed by atoms with van der Waals surface area (Å²) in [5.41, 5.74) is 3.44. The van der Waals surface area contributed by atoms with E-state index in [4.69, 9.17) is 0 Å². The SMILES string of the molecule is CSc1ccc(CNC(=O)[C@H]2CCCN(c3ncnc4nn(-c5ccc(CO)cc5)cc34)C2)cc1. The topological polar surface area (TPSA) is 96.2 Å². The number of thioether (sulfide) groups is 1. The van der Waals surface area contributed by atoms with Gasteiger partial charge in [-0.1, -0.05) is 24.3 Å². The van der Waals surface area contributed by atoms with E-state index in [1.54, 1.807) is 16.4 Å². The second-order valence-corrected chi connectivity index (χ2v) is 9.56. The summed E-state index contributed by atoms with van der Waals surface area (Å²) in [6.45, 7) is 1.98. The van der Waals surface area contributed by atoms with Gasteiger partial charge in [-0.3, -0.25) is 4.79 Å². The molecule has 0 unspecified atom stereocenters. The van der Waals surface area contributed by atoms with Crippen molar-refractivity contribution in [1.29, 1.82) is 0 Å². The van der Waals surface area contributed by atoms with Gasteiger partial charge in [0, 0.05) is 30.7 Å². The van der Waals surface area contributed by atoms with Crippen LogP contribution < -0.4 is 10.2 Å². The summed E-state index contributed by atoms with van der Waals surface area (Å²) in [7, 11) is 0. The zero-order chi connectivity index (χ0) is 24.2. The Labute approximate surface area is 208 Å². The van der Waals surface area contributed by atoms with Crippen LogP contribution in [0.5, 0.6) is 0 Å². The lowest BCUT2D eigenvalue weighted by atomic mass is 9.97. The first-order valence-electron chi connectivity index (χ1n) is 11.7. The summed E-state index contributed by atoms with van der Waals surface area (Å²) < 4.78 is 1.78. The molecule has 0 saturated carbocycles. The van der Waals surface area contributed by atoms with Crippen molar-refractivity contribution in [3.63, 3.8) is 0 Å². The molecule has 9 heteroatoms. The van der Waals surface area contributed by atoms with E-state index in [-0.39, 0.29) is 18.4 Å². The molecule has 0 bridgehead atoms. The Morgan fingerprint density at radius 1 is 1.11 bits per heavy atom. The van der Waals surface area contributed by atoms with Gasteiger partial charge in [0.1, 0.15) is 12.1 Å². The number of anilines is 1. The fourth-order valence-corrected chi connectivity index (χ4v) is 4.83. The third-order valence-electron chi connectivity index (χ3n) is 6.40. The molecule has 1 saturated heterocycles. The fourth-order valence-electron chi connectivity index (χ4n) is 4.42. The Morgan fingerprint density at radius 3 is 2.63 bits per heavy atom. The molecule has 1 aliphatic rings. The Morgan fingerprint density at radius 2 is 1.89 bits per heavy atom. The Bertz CT molecular complexity index is 1310. The minimum absolute atomic E-state index is 0.00495. The molecule has 0 radical (unpaired) electrons. The lowest BCUT2D eigenvalue weighted by Crippen LogP contribution is -2.43. The van der Waals surface area contributed by atoms with E-state index >= 15 is 0 Å². The summed E-state index contributed by atoms with van der Waals surface area (Å²) in [5, 5.41) is 17.9. The first-order valence-corrected chi connectivity index (χ1v) is 12.9. The van der Waals surface area contributed by atoms with Gasteiger partial charge in [0.2, 0.25) is 5.91 Å². The minimum Gasteiger partial charge on any atom is -0.392 e. The van der Waals surface area contributed by atoms with E-state index in [1.165, 1.54) is 11.2 Å². The second kappa shape index (κ2) is 10.5. The number of benzene rings is 2. The zero-order valence-corrected chi connectivity index (χ0v) is 20.4. The van der Waals surface area contributed by atoms with Gasteiger partial charge in [0.25, 0.3) is 0 Å². The summed E-state index contributed by atoms with van der Waals surface area (Å²) >= 11 is 1.71. The molecule has 2 N–H and O–H groups in total. The highest BCUT2D eigenvalue weighted by atomic mass is 32.2. The van der Waals surface area contributed by atoms with Crippen LogP contribution in [0.4, 0.5) is 5.82 Å². The van der Waals surface area contributed by atoms with Crippen LogP contribution in [0.15, 0.2) is 66.0 Å². The number of nitrogens with one attached hydrogen (secondary N) is 1. The average Bonchev–Trinajstić information content (AvgIpc) is 3.37. The largest absolute Gasteiger partial charge is 0.392 e. The fraction of sp³-hybridized carbons (Fsp3) is 0.308. The van der Waals surface area contributed by atoms with Gasteiger partial charge in [-0.2, -0.15) is 0 Å². The molecular formula is C26H28N6O2S. The average molecular weight is 489 g/mol. The lowest BCUT2D eigenvalue weighted by Gasteiger charge is -2.33. The number of carbonyl (C=O) groups is 1. The van der Waals surface area contributed by atoms with Gasteiger partial charge < -0.3 is 15.3 Å². The van der Waals surface area contributed by atoms with Crippen molar-refractivity contribution in [3.8, 4) is 5.69 Å². The lowest BCUT2D eigenvalue weighted by molar-refractivity contribution is -0.125. The van der Waals surface area contributed by atoms with Gasteiger partial charge in [-0.25, -0.2) is 14.6 Å². The number of fused-ring (bicyclic) bond motifs is 1. The van der Waals surface area contributed by atoms with Gasteiger partial charge in [-0.15, -0.1) is 16.9 Å². The number of aliphatic hydroxyl groups is 1. The highest BCUT2D eigenvalue weighted by molar-refractivity contribution is 7.98. The molecule has 4 aromatic rings. The van der Waals surface area contributed by atoms with Crippen molar-refractivity contribution in [2.75, 3.05) is 24.2 Å². The maximum atomic E-state index is 13.0. The molecule has 35 heavy (non-hydrogen) atoms. The monoisotopic (exact) mass is 488 g/mol. The highest BCUT2D eigenvalue weighted by Gasteiger charge is 2.28. The van der Waals surface area contributed by atoms with Gasteiger partial charge >= 0.3 is 0 Å². The molecule has 2 aromatic carbocycles. The van der Waals surface area contributed by atoms with Gasteiger partial charge in [0.05, 0.1) is 23.6 Å². The van der Waals surface area contributed by atoms with Gasteiger partial charge in [0.15, 0.2) is 5.65 Å². The molecule has 1 amide bonds. The molecule has 5 rings (SSSR count). The highest BCUT2D eigenvalue weighted by Crippen LogP contribution is 2.28. The molecule has 180 valence electrons. The van der Waals surface area contributed by atoms with Crippen LogP contribution in [0.25, 0.3) is 16.7 Å². The smallest absolute Gasteiger partial charge is 0.225 e. The van der Waals surface area contributed by atoms with Crippen LogP contribution in [0, 0.1) is 5.92 Å². The minimum atomic E-state index is -0.0969. The quantitative estimate of drug-likeness (QED) is 0.384. The number of rotatable bonds is 7. The van der Waals surface area contributed by atoms with E-state index < -0.39 is 0 Å². The third kappa shape index (κ3) is 5.16. The number of hydrogen-bond acceptors (Lipinski definition) is 7. The number of piperidine rings is 1. The van der Waals surface area contributed by atoms with E-state index in [1.807, 2.05) is 30.5 Å². The zero-order valence-electron chi connectivity index (χ0n) is 19.6. The second-order valence-electron chi connectivity index (χ2n) is 8.68. The molecule has 3 heterocycles. The van der Waals surface area contributed by atoms with Crippen LogP contribution in [0.3, 0.4) is 0 Å². The van der Waals surface area contributed by atoms with Crippen molar-refractivity contribution in [3.05, 3.63) is 72.2 Å². The standard InChI is InChI=1S/C26H28N6O2S/c1-35-22-10-6-18(7-11-22)13-27-26(34)20-3-2-12-31(14-20)25-23-15-32(30-24(23)28-17-29-25)21-8-4-19(16-33)5-9-21/h4-11,15,17,20,33H,2-3,12-14,16H2,1H3,(H,27,34)/t20-/m0/s1. The van der Waals surface area contributed by atoms with Gasteiger partial charge in [-0.05, 0) is 54.5 Å². The molecule has 1 aliphatic heterocycles. The van der Waals surface area contributed by atoms with Crippen molar-refractivity contribution in [1.82, 2.24) is 25.1 Å².